The van der Waals surface area contributed by atoms with E-state index >= 15 is 0 Å². The van der Waals surface area contributed by atoms with Crippen LogP contribution in [-0.4, -0.2) is 25.2 Å². The van der Waals surface area contributed by atoms with Crippen LogP contribution in [0.5, 0.6) is 0 Å². The molecule has 0 spiro atoms. The third-order valence-electron chi connectivity index (χ3n) is 3.93. The quantitative estimate of drug-likeness (QED) is 0.703. The number of benzene rings is 2. The lowest BCUT2D eigenvalue weighted by Gasteiger charge is -2.23. The smallest absolute Gasteiger partial charge is 0.267 e. The molecule has 2 rings (SSSR count). The van der Waals surface area contributed by atoms with Crippen molar-refractivity contribution in [2.24, 2.45) is 0 Å². The Balaban J connectivity index is 2.39. The van der Waals surface area contributed by atoms with Crippen molar-refractivity contribution in [3.63, 3.8) is 0 Å². The number of aryl methyl sites for hydroxylation is 1. The van der Waals surface area contributed by atoms with Crippen molar-refractivity contribution in [1.82, 2.24) is 4.31 Å². The van der Waals surface area contributed by atoms with Crippen molar-refractivity contribution in [2.75, 3.05) is 6.54 Å². The van der Waals surface area contributed by atoms with Crippen LogP contribution in [0.1, 0.15) is 30.9 Å². The van der Waals surface area contributed by atoms with Crippen molar-refractivity contribution in [2.45, 2.75) is 31.6 Å². The molecule has 0 saturated heterocycles. The fraction of sp³-hybridized carbons (Fsp3) is 0.250. The molecule has 0 saturated carbocycles. The predicted molar refractivity (Wildman–Crippen MR) is 100 cm³/mol. The Bertz CT molecular complexity index is 840. The minimum atomic E-state index is -3.92. The molecule has 1 amide bonds. The highest BCUT2D eigenvalue weighted by atomic mass is 32.2. The van der Waals surface area contributed by atoms with Gasteiger partial charge in [-0.05, 0) is 31.0 Å². The number of amides is 1. The summed E-state index contributed by atoms with van der Waals surface area (Å²) in [5, 5.41) is 0. The van der Waals surface area contributed by atoms with Gasteiger partial charge in [0.2, 0.25) is 0 Å². The van der Waals surface area contributed by atoms with E-state index in [0.717, 1.165) is 16.3 Å². The highest BCUT2D eigenvalue weighted by molar-refractivity contribution is 7.89. The van der Waals surface area contributed by atoms with E-state index in [-0.39, 0.29) is 17.0 Å². The van der Waals surface area contributed by atoms with Gasteiger partial charge in [0.1, 0.15) is 0 Å². The summed E-state index contributed by atoms with van der Waals surface area (Å²) in [7, 11) is -3.92. The number of carbonyl (C=O) groups excluding carboxylic acids is 1. The maximum Gasteiger partial charge on any atom is 0.267 e. The Morgan fingerprint density at radius 3 is 2.20 bits per heavy atom. The molecule has 2 aromatic carbocycles. The molecule has 0 atom stereocenters. The van der Waals surface area contributed by atoms with Gasteiger partial charge in [-0.15, -0.1) is 0 Å². The molecule has 0 fully saturated rings. The molecule has 0 unspecified atom stereocenters. The number of hydrogen-bond donors (Lipinski definition) is 0. The molecule has 0 aromatic heterocycles. The monoisotopic (exact) mass is 357 g/mol. The summed E-state index contributed by atoms with van der Waals surface area (Å²) in [6.07, 6.45) is 1.38. The Kier molecular flexibility index (Phi) is 6.15. The van der Waals surface area contributed by atoms with E-state index in [2.05, 4.69) is 6.58 Å². The zero-order valence-electron chi connectivity index (χ0n) is 14.6. The molecule has 0 aliphatic heterocycles. The maximum absolute atomic E-state index is 13.0. The van der Waals surface area contributed by atoms with Gasteiger partial charge in [0, 0.05) is 12.1 Å². The van der Waals surface area contributed by atoms with Crippen LogP contribution in [0, 0.1) is 6.92 Å². The van der Waals surface area contributed by atoms with Crippen LogP contribution in [0.4, 0.5) is 0 Å². The summed E-state index contributed by atoms with van der Waals surface area (Å²) in [5.74, 6) is -0.583. The van der Waals surface area contributed by atoms with Crippen LogP contribution in [0.2, 0.25) is 0 Å². The normalized spacial score (nSPS) is 11.1. The summed E-state index contributed by atoms with van der Waals surface area (Å²) in [6, 6.07) is 15.4. The standard InChI is InChI=1S/C20H23NO3S/c1-4-5-15-21(20(22)17(3)18-9-7-6-8-10-18)25(23,24)19-13-11-16(2)12-14-19/h6-14H,3-5,15H2,1-2H3. The fourth-order valence-corrected chi connectivity index (χ4v) is 3.82. The van der Waals surface area contributed by atoms with Gasteiger partial charge in [-0.25, -0.2) is 12.7 Å². The molecule has 5 heteroatoms. The lowest BCUT2D eigenvalue weighted by Crippen LogP contribution is -2.38. The zero-order chi connectivity index (χ0) is 18.4. The number of hydrogen-bond acceptors (Lipinski definition) is 3. The molecule has 25 heavy (non-hydrogen) atoms. The Morgan fingerprint density at radius 2 is 1.64 bits per heavy atom. The largest absolute Gasteiger partial charge is 0.268 e. The second kappa shape index (κ2) is 8.12. The van der Waals surface area contributed by atoms with Gasteiger partial charge in [0.25, 0.3) is 15.9 Å². The molecule has 0 N–H and O–H groups in total. The third kappa shape index (κ3) is 4.37. The number of unbranched alkanes of at least 4 members (excludes halogenated alkanes) is 1. The van der Waals surface area contributed by atoms with E-state index in [1.807, 2.05) is 19.9 Å². The molecule has 0 heterocycles. The maximum atomic E-state index is 13.0. The van der Waals surface area contributed by atoms with Crippen molar-refractivity contribution in [3.8, 4) is 0 Å². The molecule has 0 radical (unpaired) electrons. The van der Waals surface area contributed by atoms with Crippen molar-refractivity contribution < 1.29 is 13.2 Å². The van der Waals surface area contributed by atoms with E-state index in [1.165, 1.54) is 12.1 Å². The molecule has 0 bridgehead atoms. The second-order valence-electron chi connectivity index (χ2n) is 5.89. The van der Waals surface area contributed by atoms with E-state index in [0.29, 0.717) is 12.0 Å². The van der Waals surface area contributed by atoms with E-state index in [4.69, 9.17) is 0 Å². The number of rotatable bonds is 7. The van der Waals surface area contributed by atoms with Crippen LogP contribution in [0.15, 0.2) is 66.1 Å². The number of carbonyl (C=O) groups is 1. The summed E-state index contributed by atoms with van der Waals surface area (Å²) in [5.41, 5.74) is 1.75. The third-order valence-corrected chi connectivity index (χ3v) is 5.73. The molecule has 132 valence electrons. The minimum Gasteiger partial charge on any atom is -0.268 e. The molecule has 0 aliphatic carbocycles. The lowest BCUT2D eigenvalue weighted by atomic mass is 10.1. The van der Waals surface area contributed by atoms with Gasteiger partial charge in [-0.2, -0.15) is 0 Å². The van der Waals surface area contributed by atoms with Crippen LogP contribution >= 0.6 is 0 Å². The van der Waals surface area contributed by atoms with Gasteiger partial charge >= 0.3 is 0 Å². The molecular weight excluding hydrogens is 334 g/mol. The first-order chi connectivity index (χ1) is 11.9. The molecular formula is C20H23NO3S. The summed E-state index contributed by atoms with van der Waals surface area (Å²) < 4.78 is 26.9. The first kappa shape index (κ1) is 18.9. The Labute approximate surface area is 149 Å². The topological polar surface area (TPSA) is 54.5 Å². The zero-order valence-corrected chi connectivity index (χ0v) is 15.4. The summed E-state index contributed by atoms with van der Waals surface area (Å²) >= 11 is 0. The van der Waals surface area contributed by atoms with E-state index < -0.39 is 15.9 Å². The Hall–Kier alpha value is -2.40. The van der Waals surface area contributed by atoms with Gasteiger partial charge in [0.15, 0.2) is 0 Å². The van der Waals surface area contributed by atoms with Crippen LogP contribution in [-0.2, 0) is 14.8 Å². The summed E-state index contributed by atoms with van der Waals surface area (Å²) in [6.45, 7) is 7.79. The van der Waals surface area contributed by atoms with Gasteiger partial charge in [0.05, 0.1) is 4.90 Å². The van der Waals surface area contributed by atoms with Crippen molar-refractivity contribution in [3.05, 3.63) is 72.3 Å². The highest BCUT2D eigenvalue weighted by Gasteiger charge is 2.30. The van der Waals surface area contributed by atoms with Crippen LogP contribution in [0.25, 0.3) is 5.57 Å². The summed E-state index contributed by atoms with van der Waals surface area (Å²) in [4.78, 5) is 13.0. The number of sulfonamides is 1. The predicted octanol–water partition coefficient (Wildman–Crippen LogP) is 4.03. The fourth-order valence-electron chi connectivity index (χ4n) is 2.38. The van der Waals surface area contributed by atoms with Crippen LogP contribution < -0.4 is 0 Å². The average Bonchev–Trinajstić information content (AvgIpc) is 2.62. The van der Waals surface area contributed by atoms with Gasteiger partial charge < -0.3 is 0 Å². The van der Waals surface area contributed by atoms with Crippen LogP contribution in [0.3, 0.4) is 0 Å². The number of nitrogens with zero attached hydrogens (tertiary/aromatic N) is 1. The van der Waals surface area contributed by atoms with E-state index in [1.54, 1.807) is 36.4 Å². The van der Waals surface area contributed by atoms with Crippen molar-refractivity contribution in [1.29, 1.82) is 0 Å². The van der Waals surface area contributed by atoms with Crippen molar-refractivity contribution >= 4 is 21.5 Å². The molecule has 4 nitrogen and oxygen atoms in total. The first-order valence-electron chi connectivity index (χ1n) is 8.26. The highest BCUT2D eigenvalue weighted by Crippen LogP contribution is 2.22. The average molecular weight is 357 g/mol. The first-order valence-corrected chi connectivity index (χ1v) is 9.70. The van der Waals surface area contributed by atoms with Gasteiger partial charge in [-0.1, -0.05) is 68.0 Å². The minimum absolute atomic E-state index is 0.114. The van der Waals surface area contributed by atoms with Gasteiger partial charge in [-0.3, -0.25) is 4.79 Å². The Morgan fingerprint density at radius 1 is 1.04 bits per heavy atom. The molecule has 0 aliphatic rings. The lowest BCUT2D eigenvalue weighted by molar-refractivity contribution is -0.120. The SMILES string of the molecule is C=C(C(=O)N(CCCC)S(=O)(=O)c1ccc(C)cc1)c1ccccc1. The molecule has 2 aromatic rings. The second-order valence-corrected chi connectivity index (χ2v) is 7.76. The van der Waals surface area contributed by atoms with E-state index in [9.17, 15) is 13.2 Å².